The Labute approximate surface area is 158 Å². The van der Waals surface area contributed by atoms with Crippen molar-refractivity contribution in [1.82, 2.24) is 19.9 Å². The van der Waals surface area contributed by atoms with E-state index in [0.717, 1.165) is 42.3 Å². The maximum atomic E-state index is 5.83. The molecule has 0 spiro atoms. The van der Waals surface area contributed by atoms with Gasteiger partial charge in [0.1, 0.15) is 11.5 Å². The fourth-order valence-electron chi connectivity index (χ4n) is 4.30. The summed E-state index contributed by atoms with van der Waals surface area (Å²) in [6, 6.07) is 12.7. The first-order valence-electron chi connectivity index (χ1n) is 9.77. The summed E-state index contributed by atoms with van der Waals surface area (Å²) < 4.78 is 13.4. The number of hydrogen-bond acceptors (Lipinski definition) is 5. The minimum absolute atomic E-state index is 0.222. The van der Waals surface area contributed by atoms with Crippen LogP contribution in [0.2, 0.25) is 0 Å². The summed E-state index contributed by atoms with van der Waals surface area (Å²) in [6.07, 6.45) is 7.65. The quantitative estimate of drug-likeness (QED) is 0.708. The summed E-state index contributed by atoms with van der Waals surface area (Å²) >= 11 is 0. The number of likely N-dealkylation sites (tertiary alicyclic amines) is 1. The van der Waals surface area contributed by atoms with Gasteiger partial charge in [0, 0.05) is 11.1 Å². The smallest absolute Gasteiger partial charge is 0.134 e. The molecule has 0 bridgehead atoms. The standard InChI is InChI=1S/C21H24N4O2/c1-4-10-24(11-5-1)19-14-26-15-20(19)25-13-18(22-23-25)16-7-2-3-8-17(16)21-9-6-12-27-21/h2-3,6-9,12-13,19-20H,1,4-5,10-11,14-15H2/t19-,20-/m0/s1. The lowest BCUT2D eigenvalue weighted by Crippen LogP contribution is -2.44. The van der Waals surface area contributed by atoms with Crippen molar-refractivity contribution >= 4 is 0 Å². The van der Waals surface area contributed by atoms with Crippen molar-refractivity contribution < 1.29 is 9.15 Å². The van der Waals surface area contributed by atoms with E-state index in [4.69, 9.17) is 9.15 Å². The van der Waals surface area contributed by atoms with Gasteiger partial charge in [-0.1, -0.05) is 35.9 Å². The minimum atomic E-state index is 0.222. The van der Waals surface area contributed by atoms with Crippen molar-refractivity contribution in [3.8, 4) is 22.6 Å². The monoisotopic (exact) mass is 364 g/mol. The molecule has 0 unspecified atom stereocenters. The summed E-state index contributed by atoms with van der Waals surface area (Å²) in [5.74, 6) is 0.843. The van der Waals surface area contributed by atoms with Gasteiger partial charge in [0.25, 0.3) is 0 Å². The van der Waals surface area contributed by atoms with Crippen LogP contribution in [0.5, 0.6) is 0 Å². The largest absolute Gasteiger partial charge is 0.464 e. The molecule has 0 amide bonds. The second-order valence-electron chi connectivity index (χ2n) is 7.38. The highest BCUT2D eigenvalue weighted by Gasteiger charge is 2.35. The van der Waals surface area contributed by atoms with E-state index in [2.05, 4.69) is 33.5 Å². The van der Waals surface area contributed by atoms with Crippen LogP contribution in [0.3, 0.4) is 0 Å². The Hall–Kier alpha value is -2.44. The fraction of sp³-hybridized carbons (Fsp3) is 0.429. The van der Waals surface area contributed by atoms with E-state index in [1.54, 1.807) is 6.26 Å². The normalized spacial score (nSPS) is 23.7. The first-order valence-corrected chi connectivity index (χ1v) is 9.77. The highest BCUT2D eigenvalue weighted by Crippen LogP contribution is 2.32. The Kier molecular flexibility index (Phi) is 4.51. The van der Waals surface area contributed by atoms with Crippen LogP contribution in [0.4, 0.5) is 0 Å². The number of nitrogens with zero attached hydrogens (tertiary/aromatic N) is 4. The lowest BCUT2D eigenvalue weighted by atomic mass is 10.0. The second kappa shape index (κ2) is 7.29. The van der Waals surface area contributed by atoms with Crippen LogP contribution in [-0.4, -0.2) is 52.2 Å². The zero-order valence-corrected chi connectivity index (χ0v) is 15.3. The first kappa shape index (κ1) is 16.7. The maximum absolute atomic E-state index is 5.83. The molecule has 0 saturated carbocycles. The first-order chi connectivity index (χ1) is 13.4. The molecule has 5 rings (SSSR count). The fourth-order valence-corrected chi connectivity index (χ4v) is 4.30. The third-order valence-corrected chi connectivity index (χ3v) is 5.72. The third-order valence-electron chi connectivity index (χ3n) is 5.72. The lowest BCUT2D eigenvalue weighted by Gasteiger charge is -2.34. The highest BCUT2D eigenvalue weighted by molar-refractivity contribution is 5.78. The average Bonchev–Trinajstić information content (AvgIpc) is 3.50. The maximum Gasteiger partial charge on any atom is 0.134 e. The van der Waals surface area contributed by atoms with Crippen molar-refractivity contribution in [2.24, 2.45) is 0 Å². The number of furan rings is 1. The van der Waals surface area contributed by atoms with E-state index in [0.29, 0.717) is 12.6 Å². The zero-order chi connectivity index (χ0) is 18.1. The number of hydrogen-bond donors (Lipinski definition) is 0. The van der Waals surface area contributed by atoms with Gasteiger partial charge < -0.3 is 9.15 Å². The molecule has 2 saturated heterocycles. The molecular formula is C21H24N4O2. The van der Waals surface area contributed by atoms with Crippen LogP contribution in [-0.2, 0) is 4.74 Å². The van der Waals surface area contributed by atoms with Crippen molar-refractivity contribution in [3.63, 3.8) is 0 Å². The predicted octanol–water partition coefficient (Wildman–Crippen LogP) is 3.63. The predicted molar refractivity (Wildman–Crippen MR) is 102 cm³/mol. The Bertz CT molecular complexity index is 883. The molecule has 0 aliphatic carbocycles. The molecule has 6 heteroatoms. The van der Waals surface area contributed by atoms with Crippen LogP contribution in [0.15, 0.2) is 53.3 Å². The SMILES string of the molecule is c1coc(-c2ccccc2-c2cn([C@H]3COC[C@@H]3N3CCCCC3)nn2)c1. The van der Waals surface area contributed by atoms with E-state index < -0.39 is 0 Å². The van der Waals surface area contributed by atoms with Gasteiger partial charge in [-0.3, -0.25) is 4.90 Å². The molecule has 27 heavy (non-hydrogen) atoms. The molecular weight excluding hydrogens is 340 g/mol. The van der Waals surface area contributed by atoms with Crippen molar-refractivity contribution in [2.45, 2.75) is 31.3 Å². The lowest BCUT2D eigenvalue weighted by molar-refractivity contribution is 0.121. The van der Waals surface area contributed by atoms with Crippen LogP contribution < -0.4 is 0 Å². The van der Waals surface area contributed by atoms with Crippen LogP contribution >= 0.6 is 0 Å². The Balaban J connectivity index is 1.44. The van der Waals surface area contributed by atoms with Gasteiger partial charge in [0.2, 0.25) is 0 Å². The molecule has 2 aromatic heterocycles. The van der Waals surface area contributed by atoms with Crippen LogP contribution in [0.25, 0.3) is 22.6 Å². The molecule has 6 nitrogen and oxygen atoms in total. The minimum Gasteiger partial charge on any atom is -0.464 e. The third kappa shape index (κ3) is 3.19. The number of piperidine rings is 1. The van der Waals surface area contributed by atoms with E-state index in [9.17, 15) is 0 Å². The number of rotatable bonds is 4. The van der Waals surface area contributed by atoms with Crippen LogP contribution in [0.1, 0.15) is 25.3 Å². The summed E-state index contributed by atoms with van der Waals surface area (Å²) in [7, 11) is 0. The van der Waals surface area contributed by atoms with Gasteiger partial charge in [0.15, 0.2) is 0 Å². The molecule has 0 N–H and O–H groups in total. The molecule has 0 radical (unpaired) electrons. The van der Waals surface area contributed by atoms with E-state index >= 15 is 0 Å². The molecule has 4 heterocycles. The topological polar surface area (TPSA) is 56.3 Å². The molecule has 2 fully saturated rings. The number of ether oxygens (including phenoxy) is 1. The van der Waals surface area contributed by atoms with Gasteiger partial charge in [0.05, 0.1) is 37.8 Å². The Morgan fingerprint density at radius 2 is 1.70 bits per heavy atom. The summed E-state index contributed by atoms with van der Waals surface area (Å²) in [6.45, 7) is 3.80. The van der Waals surface area contributed by atoms with Gasteiger partial charge in [-0.2, -0.15) is 0 Å². The number of benzene rings is 1. The van der Waals surface area contributed by atoms with E-state index in [-0.39, 0.29) is 6.04 Å². The molecule has 2 aliphatic rings. The van der Waals surface area contributed by atoms with Crippen molar-refractivity contribution in [1.29, 1.82) is 0 Å². The molecule has 2 atom stereocenters. The van der Waals surface area contributed by atoms with E-state index in [1.807, 2.05) is 28.9 Å². The number of aromatic nitrogens is 3. The molecule has 140 valence electrons. The zero-order valence-electron chi connectivity index (χ0n) is 15.3. The second-order valence-corrected chi connectivity index (χ2v) is 7.38. The average molecular weight is 364 g/mol. The van der Waals surface area contributed by atoms with Gasteiger partial charge in [-0.15, -0.1) is 5.10 Å². The van der Waals surface area contributed by atoms with Crippen LogP contribution in [0, 0.1) is 0 Å². The highest BCUT2D eigenvalue weighted by atomic mass is 16.5. The summed E-state index contributed by atoms with van der Waals surface area (Å²) in [5.41, 5.74) is 2.93. The van der Waals surface area contributed by atoms with Gasteiger partial charge in [-0.05, 0) is 38.1 Å². The molecule has 3 aromatic rings. The summed E-state index contributed by atoms with van der Waals surface area (Å²) in [4.78, 5) is 2.57. The van der Waals surface area contributed by atoms with Gasteiger partial charge in [-0.25, -0.2) is 4.68 Å². The Morgan fingerprint density at radius 3 is 2.52 bits per heavy atom. The van der Waals surface area contributed by atoms with Crippen molar-refractivity contribution in [3.05, 3.63) is 48.9 Å². The molecule has 1 aromatic carbocycles. The molecule has 2 aliphatic heterocycles. The van der Waals surface area contributed by atoms with Gasteiger partial charge >= 0.3 is 0 Å². The Morgan fingerprint density at radius 1 is 0.889 bits per heavy atom. The van der Waals surface area contributed by atoms with Crippen molar-refractivity contribution in [2.75, 3.05) is 26.3 Å². The summed E-state index contributed by atoms with van der Waals surface area (Å²) in [5, 5.41) is 8.95. The van der Waals surface area contributed by atoms with E-state index in [1.165, 1.54) is 19.3 Å².